The fourth-order valence-electron chi connectivity index (χ4n) is 3.64. The quantitative estimate of drug-likeness (QED) is 0.296. The van der Waals surface area contributed by atoms with Crippen molar-refractivity contribution in [1.82, 2.24) is 9.78 Å². The van der Waals surface area contributed by atoms with E-state index < -0.39 is 0 Å². The number of carbonyl (C=O) groups is 1. The lowest BCUT2D eigenvalue weighted by Gasteiger charge is -2.12. The minimum absolute atomic E-state index is 0.200. The predicted octanol–water partition coefficient (Wildman–Crippen LogP) is 7.06. The molecule has 1 N–H and O–H groups in total. The molecule has 0 spiro atoms. The third-order valence-corrected chi connectivity index (χ3v) is 6.79. The number of anilines is 1. The number of hydrogen-bond acceptors (Lipinski definition) is 4. The van der Waals surface area contributed by atoms with Gasteiger partial charge in [0.1, 0.15) is 12.4 Å². The van der Waals surface area contributed by atoms with Gasteiger partial charge in [-0.1, -0.05) is 47.0 Å². The molecule has 170 valence electrons. The van der Waals surface area contributed by atoms with Crippen molar-refractivity contribution in [2.24, 2.45) is 0 Å². The van der Waals surface area contributed by atoms with E-state index in [2.05, 4.69) is 29.5 Å². The molecule has 0 radical (unpaired) electrons. The maximum atomic E-state index is 12.7. The van der Waals surface area contributed by atoms with Crippen LogP contribution in [0.4, 0.5) is 5.82 Å². The molecule has 8 heteroatoms. The van der Waals surface area contributed by atoms with Gasteiger partial charge in [-0.15, -0.1) is 11.3 Å². The number of amides is 1. The van der Waals surface area contributed by atoms with E-state index in [-0.39, 0.29) is 5.91 Å². The number of nitrogens with one attached hydrogen (secondary N) is 1. The largest absolute Gasteiger partial charge is 0.488 e. The molecule has 4 rings (SSSR count). The monoisotopic (exact) mass is 499 g/mol. The summed E-state index contributed by atoms with van der Waals surface area (Å²) in [5.41, 5.74) is 5.35. The minimum Gasteiger partial charge on any atom is -0.488 e. The summed E-state index contributed by atoms with van der Waals surface area (Å²) in [6, 6.07) is 13.3. The molecule has 0 saturated heterocycles. The zero-order valence-corrected chi connectivity index (χ0v) is 20.8. The predicted molar refractivity (Wildman–Crippen MR) is 135 cm³/mol. The van der Waals surface area contributed by atoms with Crippen molar-refractivity contribution in [2.45, 2.75) is 33.9 Å². The molecule has 0 fully saturated rings. The Morgan fingerprint density at radius 1 is 1.03 bits per heavy atom. The second-order valence-corrected chi connectivity index (χ2v) is 9.66. The first-order chi connectivity index (χ1) is 15.8. The molecule has 0 unspecified atom stereocenters. The molecule has 4 aromatic rings. The number of aromatic nitrogens is 2. The lowest BCUT2D eigenvalue weighted by Crippen LogP contribution is -2.11. The van der Waals surface area contributed by atoms with Gasteiger partial charge < -0.3 is 10.1 Å². The van der Waals surface area contributed by atoms with Crippen molar-refractivity contribution in [3.63, 3.8) is 0 Å². The molecule has 33 heavy (non-hydrogen) atoms. The summed E-state index contributed by atoms with van der Waals surface area (Å²) in [4.78, 5) is 13.3. The molecule has 5 nitrogen and oxygen atoms in total. The number of halogens is 2. The Labute approximate surface area is 206 Å². The van der Waals surface area contributed by atoms with Crippen molar-refractivity contribution in [2.75, 3.05) is 5.32 Å². The van der Waals surface area contributed by atoms with Crippen LogP contribution in [0.1, 0.15) is 37.5 Å². The van der Waals surface area contributed by atoms with E-state index in [1.807, 2.05) is 31.4 Å². The minimum atomic E-state index is -0.200. The fraction of sp³-hybridized carbons (Fsp3) is 0.200. The summed E-state index contributed by atoms with van der Waals surface area (Å²) >= 11 is 13.4. The van der Waals surface area contributed by atoms with Gasteiger partial charge in [-0.05, 0) is 61.0 Å². The number of ether oxygens (including phenoxy) is 1. The molecular formula is C25H23Cl2N3O2S. The Morgan fingerprint density at radius 3 is 2.52 bits per heavy atom. The Bertz CT molecular complexity index is 1290. The topological polar surface area (TPSA) is 56.1 Å². The highest BCUT2D eigenvalue weighted by Gasteiger charge is 2.13. The molecular weight excluding hydrogens is 477 g/mol. The number of rotatable bonds is 7. The highest BCUT2D eigenvalue weighted by Crippen LogP contribution is 2.27. The van der Waals surface area contributed by atoms with Crippen LogP contribution in [0.3, 0.4) is 0 Å². The first-order valence-electron chi connectivity index (χ1n) is 10.4. The van der Waals surface area contributed by atoms with Crippen LogP contribution in [0.5, 0.6) is 5.75 Å². The van der Waals surface area contributed by atoms with Gasteiger partial charge in [0, 0.05) is 17.8 Å². The van der Waals surface area contributed by atoms with Gasteiger partial charge in [-0.2, -0.15) is 5.10 Å². The van der Waals surface area contributed by atoms with Crippen LogP contribution in [0.2, 0.25) is 10.0 Å². The van der Waals surface area contributed by atoms with E-state index in [1.165, 1.54) is 16.9 Å². The molecule has 2 aromatic heterocycles. The van der Waals surface area contributed by atoms with Gasteiger partial charge in [0.15, 0.2) is 5.82 Å². The number of hydrogen-bond donors (Lipinski definition) is 1. The molecule has 0 aliphatic rings. The first kappa shape index (κ1) is 23.4. The van der Waals surface area contributed by atoms with Crippen LogP contribution in [0.15, 0.2) is 54.0 Å². The van der Waals surface area contributed by atoms with Gasteiger partial charge in [0.05, 0.1) is 21.5 Å². The number of thiophene rings is 1. The maximum absolute atomic E-state index is 12.7. The molecule has 2 heterocycles. The highest BCUT2D eigenvalue weighted by molar-refractivity contribution is 7.12. The fourth-order valence-corrected chi connectivity index (χ4v) is 4.75. The van der Waals surface area contributed by atoms with Gasteiger partial charge in [0.2, 0.25) is 0 Å². The summed E-state index contributed by atoms with van der Waals surface area (Å²) in [5, 5.41) is 10.2. The molecule has 2 aromatic carbocycles. The summed E-state index contributed by atoms with van der Waals surface area (Å²) in [7, 11) is 0. The normalized spacial score (nSPS) is 10.9. The van der Waals surface area contributed by atoms with Crippen LogP contribution < -0.4 is 10.1 Å². The van der Waals surface area contributed by atoms with Gasteiger partial charge in [-0.3, -0.25) is 9.48 Å². The maximum Gasteiger partial charge on any atom is 0.266 e. The molecule has 0 aliphatic heterocycles. The van der Waals surface area contributed by atoms with Crippen LogP contribution in [0.25, 0.3) is 0 Å². The SMILES string of the molecule is Cc1cc(C)c(OCc2csc(C(=O)Nc3ccn(Cc4ccc(Cl)c(Cl)c4)n3)c2)c(C)c1. The van der Waals surface area contributed by atoms with Crippen molar-refractivity contribution in [1.29, 1.82) is 0 Å². The van der Waals surface area contributed by atoms with E-state index in [4.69, 9.17) is 27.9 Å². The Kier molecular flexibility index (Phi) is 7.08. The standard InChI is InChI=1S/C25H23Cl2N3O2S/c1-15-8-16(2)24(17(3)9-15)32-13-19-11-22(33-14-19)25(31)28-23-6-7-30(29-23)12-18-4-5-20(26)21(27)10-18/h4-11,14H,12-13H2,1-3H3,(H,28,29,31). The number of benzene rings is 2. The van der Waals surface area contributed by atoms with E-state index in [1.54, 1.807) is 29.1 Å². The van der Waals surface area contributed by atoms with Gasteiger partial charge in [-0.25, -0.2) is 0 Å². The Balaban J connectivity index is 1.36. The molecule has 0 saturated carbocycles. The van der Waals surface area contributed by atoms with E-state index in [0.29, 0.717) is 33.9 Å². The second kappa shape index (κ2) is 10.00. The van der Waals surface area contributed by atoms with Crippen molar-refractivity contribution >= 4 is 46.3 Å². The number of aryl methyl sites for hydroxylation is 3. The number of nitrogens with zero attached hydrogens (tertiary/aromatic N) is 2. The van der Waals surface area contributed by atoms with Crippen LogP contribution >= 0.6 is 34.5 Å². The van der Waals surface area contributed by atoms with Gasteiger partial charge >= 0.3 is 0 Å². The summed E-state index contributed by atoms with van der Waals surface area (Å²) in [5.74, 6) is 1.18. The summed E-state index contributed by atoms with van der Waals surface area (Å²) in [6.45, 7) is 7.09. The lowest BCUT2D eigenvalue weighted by molar-refractivity contribution is 0.103. The van der Waals surface area contributed by atoms with Crippen LogP contribution in [-0.4, -0.2) is 15.7 Å². The van der Waals surface area contributed by atoms with E-state index in [9.17, 15) is 4.79 Å². The molecule has 0 bridgehead atoms. The lowest BCUT2D eigenvalue weighted by atomic mass is 10.1. The zero-order chi connectivity index (χ0) is 23.5. The third kappa shape index (κ3) is 5.77. The number of carbonyl (C=O) groups excluding carboxylic acids is 1. The van der Waals surface area contributed by atoms with Crippen molar-refractivity contribution < 1.29 is 9.53 Å². The molecule has 0 atom stereocenters. The molecule has 0 aliphatic carbocycles. The van der Waals surface area contributed by atoms with Gasteiger partial charge in [0.25, 0.3) is 5.91 Å². The average molecular weight is 500 g/mol. The van der Waals surface area contributed by atoms with E-state index in [0.717, 1.165) is 28.0 Å². The van der Waals surface area contributed by atoms with Crippen LogP contribution in [-0.2, 0) is 13.2 Å². The molecule has 1 amide bonds. The third-order valence-electron chi connectivity index (χ3n) is 5.08. The smallest absolute Gasteiger partial charge is 0.266 e. The zero-order valence-electron chi connectivity index (χ0n) is 18.5. The highest BCUT2D eigenvalue weighted by atomic mass is 35.5. The second-order valence-electron chi connectivity index (χ2n) is 7.94. The van der Waals surface area contributed by atoms with Crippen LogP contribution in [0, 0.1) is 20.8 Å². The first-order valence-corrected chi connectivity index (χ1v) is 12.0. The summed E-state index contributed by atoms with van der Waals surface area (Å²) in [6.07, 6.45) is 1.80. The Morgan fingerprint density at radius 2 is 1.79 bits per heavy atom. The summed E-state index contributed by atoms with van der Waals surface area (Å²) < 4.78 is 7.77. The van der Waals surface area contributed by atoms with Crippen molar-refractivity contribution in [3.8, 4) is 5.75 Å². The van der Waals surface area contributed by atoms with E-state index >= 15 is 0 Å². The Hall–Kier alpha value is -2.80. The van der Waals surface area contributed by atoms with Crippen molar-refractivity contribution in [3.05, 3.63) is 96.8 Å². The average Bonchev–Trinajstić information content (AvgIpc) is 3.39.